The maximum atomic E-state index is 13.4. The molecule has 3 rings (SSSR count). The summed E-state index contributed by atoms with van der Waals surface area (Å²) in [6.45, 7) is 2.86. The highest BCUT2D eigenvalue weighted by Gasteiger charge is 2.54. The molecule has 84 heavy (non-hydrogen) atoms. The van der Waals surface area contributed by atoms with Gasteiger partial charge >= 0.3 is 0 Å². The van der Waals surface area contributed by atoms with Crippen LogP contribution >= 0.6 is 0 Å². The Morgan fingerprint density at radius 3 is 1.25 bits per heavy atom. The van der Waals surface area contributed by atoms with Gasteiger partial charge in [0.25, 0.3) is 0 Å². The number of aliphatic hydroxyl groups is 10. The molecule has 0 aromatic carbocycles. The Labute approximate surface area is 504 Å². The van der Waals surface area contributed by atoms with Gasteiger partial charge in [0.1, 0.15) is 73.2 Å². The first-order chi connectivity index (χ1) is 40.7. The fraction of sp³-hybridized carbons (Fsp3) is 0.938. The van der Waals surface area contributed by atoms with Gasteiger partial charge in [0.15, 0.2) is 18.9 Å². The topological polar surface area (TPSA) is 316 Å². The van der Waals surface area contributed by atoms with Crippen molar-refractivity contribution in [3.05, 3.63) is 12.2 Å². The molecule has 3 heterocycles. The first-order valence-corrected chi connectivity index (χ1v) is 33.4. The molecule has 0 bridgehead atoms. The minimum Gasteiger partial charge on any atom is -0.394 e. The molecule has 3 fully saturated rings. The standard InChI is InChI=1S/C64H120N2O18/c1-4-6-8-10-12-14-16-18-19-20-21-22-23-24-25-26-27-29-31-33-35-37-39-41-52(72)66-47(48(71)40-38-36-34-32-30-28-17-15-13-11-9-7-5-2)45-79-63-58(77)56(75)61(50(43-68)81-63)84-64-59(78)57(76)60(51(44-69)82-64)83-62-53(65-46(3)70)55(74)54(73)49(42-67)80-62/h38,40,47-51,53-64,67-69,71,73-78H,4-37,39,41-45H2,1-3H3,(H,65,70)(H,66,72)/b40-38+/t47-,48+,49?,50?,51?,53?,54+,55+,56+,57+,58?,59?,60+,61+,62-,63+,64-/m0/s1. The van der Waals surface area contributed by atoms with Crippen LogP contribution in [-0.2, 0) is 38.0 Å². The molecule has 494 valence electrons. The second-order valence-electron chi connectivity index (χ2n) is 24.3. The smallest absolute Gasteiger partial charge is 0.220 e. The molecule has 0 saturated carbocycles. The zero-order valence-corrected chi connectivity index (χ0v) is 52.0. The van der Waals surface area contributed by atoms with E-state index in [0.717, 1.165) is 51.9 Å². The predicted octanol–water partition coefficient (Wildman–Crippen LogP) is 7.08. The monoisotopic (exact) mass is 1200 g/mol. The average molecular weight is 1210 g/mol. The molecule has 3 saturated heterocycles. The third kappa shape index (κ3) is 30.0. The third-order valence-electron chi connectivity index (χ3n) is 17.0. The van der Waals surface area contributed by atoms with Crippen LogP contribution in [0.4, 0.5) is 0 Å². The summed E-state index contributed by atoms with van der Waals surface area (Å²) in [7, 11) is 0. The van der Waals surface area contributed by atoms with E-state index in [1.807, 2.05) is 6.08 Å². The van der Waals surface area contributed by atoms with E-state index in [2.05, 4.69) is 24.5 Å². The Bertz CT molecular complexity index is 1650. The Morgan fingerprint density at radius 1 is 0.464 bits per heavy atom. The van der Waals surface area contributed by atoms with Gasteiger partial charge in [0.05, 0.1) is 38.6 Å². The Kier molecular flexibility index (Phi) is 42.7. The lowest BCUT2D eigenvalue weighted by Gasteiger charge is -2.48. The summed E-state index contributed by atoms with van der Waals surface area (Å²) < 4.78 is 34.9. The third-order valence-corrected chi connectivity index (χ3v) is 17.0. The van der Waals surface area contributed by atoms with Crippen LogP contribution in [0.25, 0.3) is 0 Å². The number of ether oxygens (including phenoxy) is 6. The molecule has 2 amide bonds. The van der Waals surface area contributed by atoms with Crippen molar-refractivity contribution in [2.24, 2.45) is 0 Å². The number of aliphatic hydroxyl groups excluding tert-OH is 10. The molecule has 0 aromatic rings. The SMILES string of the molecule is CCCCCCCCCCCCC/C=C/[C@@H](O)[C@H](CO[C@@H]1OC(CO)[C@@H](O[C@@H]2OC(CO)[C@@H](O[C@@H]3OC(CO)[C@@H](O)[C@H](O)C3NC(C)=O)[C@H](O)C2O)[C@H](O)C1O)NC(=O)CCCCCCCCCCCCCCCCCCCCCCCCC. The van der Waals surface area contributed by atoms with Crippen molar-refractivity contribution in [1.29, 1.82) is 0 Å². The molecule has 3 aliphatic heterocycles. The normalized spacial score (nSPS) is 29.1. The molecule has 0 aromatic heterocycles. The van der Waals surface area contributed by atoms with E-state index in [1.54, 1.807) is 6.08 Å². The number of rotatable bonds is 50. The Balaban J connectivity index is 1.47. The van der Waals surface area contributed by atoms with Crippen molar-refractivity contribution in [2.45, 2.75) is 356 Å². The number of hydrogen-bond acceptors (Lipinski definition) is 18. The van der Waals surface area contributed by atoms with Crippen LogP contribution in [0.1, 0.15) is 252 Å². The largest absolute Gasteiger partial charge is 0.394 e. The first kappa shape index (κ1) is 76.3. The molecule has 0 radical (unpaired) electrons. The Hall–Kier alpha value is -1.96. The van der Waals surface area contributed by atoms with E-state index in [0.29, 0.717) is 6.42 Å². The lowest BCUT2D eigenvalue weighted by molar-refractivity contribution is -0.374. The number of allylic oxidation sites excluding steroid dienone is 1. The molecule has 0 aliphatic carbocycles. The first-order valence-electron chi connectivity index (χ1n) is 33.4. The van der Waals surface area contributed by atoms with E-state index in [4.69, 9.17) is 28.4 Å². The summed E-state index contributed by atoms with van der Waals surface area (Å²) in [5, 5.41) is 114. The van der Waals surface area contributed by atoms with Crippen LogP contribution in [0.15, 0.2) is 12.2 Å². The van der Waals surface area contributed by atoms with Crippen LogP contribution in [0.2, 0.25) is 0 Å². The molecule has 17 atom stereocenters. The van der Waals surface area contributed by atoms with Gasteiger partial charge in [-0.2, -0.15) is 0 Å². The molecule has 12 N–H and O–H groups in total. The highest BCUT2D eigenvalue weighted by Crippen LogP contribution is 2.33. The number of nitrogens with one attached hydrogen (secondary N) is 2. The number of unbranched alkanes of at least 4 members (excludes halogenated alkanes) is 33. The highest BCUT2D eigenvalue weighted by atomic mass is 16.8. The van der Waals surface area contributed by atoms with Crippen LogP contribution in [0.5, 0.6) is 0 Å². The molecular formula is C64H120N2O18. The summed E-state index contributed by atoms with van der Waals surface area (Å²) in [5.74, 6) is -0.920. The summed E-state index contributed by atoms with van der Waals surface area (Å²) in [5.41, 5.74) is 0. The van der Waals surface area contributed by atoms with E-state index in [-0.39, 0.29) is 18.9 Å². The lowest BCUT2D eigenvalue weighted by atomic mass is 9.95. The van der Waals surface area contributed by atoms with E-state index >= 15 is 0 Å². The van der Waals surface area contributed by atoms with E-state index in [9.17, 15) is 60.7 Å². The Morgan fingerprint density at radius 2 is 0.833 bits per heavy atom. The second kappa shape index (κ2) is 47.1. The van der Waals surface area contributed by atoms with Crippen LogP contribution in [-0.4, -0.2) is 194 Å². The van der Waals surface area contributed by atoms with Crippen molar-refractivity contribution in [3.63, 3.8) is 0 Å². The van der Waals surface area contributed by atoms with Gasteiger partial charge in [-0.25, -0.2) is 0 Å². The van der Waals surface area contributed by atoms with Gasteiger partial charge in [-0.15, -0.1) is 0 Å². The van der Waals surface area contributed by atoms with Gasteiger partial charge in [-0.3, -0.25) is 9.59 Å². The van der Waals surface area contributed by atoms with Crippen molar-refractivity contribution >= 4 is 11.8 Å². The second-order valence-corrected chi connectivity index (χ2v) is 24.3. The number of carbonyl (C=O) groups is 2. The minimum atomic E-state index is -1.99. The zero-order valence-electron chi connectivity index (χ0n) is 52.0. The molecule has 20 nitrogen and oxygen atoms in total. The van der Waals surface area contributed by atoms with Gasteiger partial charge in [-0.05, 0) is 19.3 Å². The fourth-order valence-corrected chi connectivity index (χ4v) is 11.7. The number of hydrogen-bond donors (Lipinski definition) is 12. The maximum absolute atomic E-state index is 13.4. The summed E-state index contributed by atoms with van der Waals surface area (Å²) in [4.78, 5) is 25.4. The van der Waals surface area contributed by atoms with Crippen molar-refractivity contribution in [2.75, 3.05) is 26.4 Å². The van der Waals surface area contributed by atoms with Crippen LogP contribution in [0, 0.1) is 0 Å². The van der Waals surface area contributed by atoms with Gasteiger partial charge in [0.2, 0.25) is 11.8 Å². The molecule has 0 spiro atoms. The predicted molar refractivity (Wildman–Crippen MR) is 321 cm³/mol. The average Bonchev–Trinajstić information content (AvgIpc) is 2.72. The molecular weight excluding hydrogens is 1080 g/mol. The van der Waals surface area contributed by atoms with Gasteiger partial charge in [-0.1, -0.05) is 231 Å². The maximum Gasteiger partial charge on any atom is 0.220 e. The van der Waals surface area contributed by atoms with Crippen molar-refractivity contribution in [3.8, 4) is 0 Å². The number of carbonyl (C=O) groups excluding carboxylic acids is 2. The fourth-order valence-electron chi connectivity index (χ4n) is 11.7. The lowest BCUT2D eigenvalue weighted by Crippen LogP contribution is -2.68. The zero-order chi connectivity index (χ0) is 61.3. The number of amides is 2. The summed E-state index contributed by atoms with van der Waals surface area (Å²) in [6, 6.07) is -2.40. The van der Waals surface area contributed by atoms with E-state index < -0.39 is 130 Å². The van der Waals surface area contributed by atoms with Crippen molar-refractivity contribution in [1.82, 2.24) is 10.6 Å². The summed E-state index contributed by atoms with van der Waals surface area (Å²) >= 11 is 0. The van der Waals surface area contributed by atoms with Crippen LogP contribution < -0.4 is 10.6 Å². The minimum absolute atomic E-state index is 0.245. The molecule has 3 aliphatic rings. The van der Waals surface area contributed by atoms with Crippen LogP contribution in [0.3, 0.4) is 0 Å². The molecule has 6 unspecified atom stereocenters. The van der Waals surface area contributed by atoms with Crippen molar-refractivity contribution < 1.29 is 89.1 Å². The quantitative estimate of drug-likeness (QED) is 0.0214. The summed E-state index contributed by atoms with van der Waals surface area (Å²) in [6.07, 6.45) is 22.5. The highest BCUT2D eigenvalue weighted by molar-refractivity contribution is 5.76. The molecule has 20 heteroatoms. The van der Waals surface area contributed by atoms with Gasteiger partial charge in [0, 0.05) is 13.3 Å². The van der Waals surface area contributed by atoms with Gasteiger partial charge < -0.3 is 90.1 Å². The van der Waals surface area contributed by atoms with E-state index in [1.165, 1.54) is 173 Å².